The van der Waals surface area contributed by atoms with Gasteiger partial charge in [-0.05, 0) is 31.4 Å². The van der Waals surface area contributed by atoms with Crippen molar-refractivity contribution in [2.75, 3.05) is 12.0 Å². The van der Waals surface area contributed by atoms with Gasteiger partial charge >= 0.3 is 0 Å². The van der Waals surface area contributed by atoms with Crippen molar-refractivity contribution >= 4 is 11.7 Å². The first-order valence-corrected chi connectivity index (χ1v) is 6.92. The van der Waals surface area contributed by atoms with Gasteiger partial charge in [-0.3, -0.25) is 4.79 Å². The van der Waals surface area contributed by atoms with Crippen molar-refractivity contribution in [1.82, 2.24) is 10.3 Å². The first kappa shape index (κ1) is 13.8. The highest BCUT2D eigenvalue weighted by atomic mass is 16.1. The van der Waals surface area contributed by atoms with E-state index in [1.54, 1.807) is 12.1 Å². The molecule has 19 heavy (non-hydrogen) atoms. The summed E-state index contributed by atoms with van der Waals surface area (Å²) >= 11 is 0. The average Bonchev–Trinajstić information content (AvgIpc) is 2.91. The van der Waals surface area contributed by atoms with Crippen LogP contribution in [0.1, 0.15) is 48.2 Å². The summed E-state index contributed by atoms with van der Waals surface area (Å²) in [6.07, 6.45) is 6.39. The molecular formula is C14H22N4O. The number of carbonyl (C=O) groups excluding carboxylic acids is 1. The number of aryl methyl sites for hydroxylation is 1. The zero-order valence-corrected chi connectivity index (χ0v) is 11.4. The molecule has 0 unspecified atom stereocenters. The number of carbonyl (C=O) groups is 1. The van der Waals surface area contributed by atoms with E-state index in [1.165, 1.54) is 25.7 Å². The Labute approximate surface area is 114 Å². The molecule has 104 valence electrons. The lowest BCUT2D eigenvalue weighted by atomic mass is 10.0. The second-order valence-electron chi connectivity index (χ2n) is 5.22. The van der Waals surface area contributed by atoms with Crippen molar-refractivity contribution < 1.29 is 4.79 Å². The van der Waals surface area contributed by atoms with Gasteiger partial charge in [0.1, 0.15) is 5.82 Å². The number of pyridine rings is 1. The fourth-order valence-corrected chi connectivity index (χ4v) is 2.66. The van der Waals surface area contributed by atoms with Crippen LogP contribution in [0.5, 0.6) is 0 Å². The fourth-order valence-electron chi connectivity index (χ4n) is 2.66. The molecule has 0 bridgehead atoms. The molecule has 5 heteroatoms. The number of aromatic nitrogens is 1. The second-order valence-corrected chi connectivity index (χ2v) is 5.22. The molecule has 0 atom stereocenters. The van der Waals surface area contributed by atoms with Gasteiger partial charge in [-0.2, -0.15) is 0 Å². The van der Waals surface area contributed by atoms with E-state index in [0.29, 0.717) is 11.4 Å². The minimum atomic E-state index is -0.0556. The highest BCUT2D eigenvalue weighted by Gasteiger charge is 2.15. The van der Waals surface area contributed by atoms with Crippen molar-refractivity contribution in [3.05, 3.63) is 23.4 Å². The van der Waals surface area contributed by atoms with Crippen LogP contribution in [0.2, 0.25) is 0 Å². The first-order valence-electron chi connectivity index (χ1n) is 6.92. The lowest BCUT2D eigenvalue weighted by molar-refractivity contribution is 0.0951. The molecule has 1 aromatic rings. The highest BCUT2D eigenvalue weighted by molar-refractivity contribution is 5.94. The summed E-state index contributed by atoms with van der Waals surface area (Å²) in [7, 11) is 0. The molecule has 0 aromatic carbocycles. The molecule has 0 saturated heterocycles. The Morgan fingerprint density at radius 1 is 1.42 bits per heavy atom. The zero-order chi connectivity index (χ0) is 13.7. The molecule has 0 spiro atoms. The van der Waals surface area contributed by atoms with E-state index in [2.05, 4.69) is 15.7 Å². The van der Waals surface area contributed by atoms with E-state index in [0.717, 1.165) is 24.6 Å². The lowest BCUT2D eigenvalue weighted by Gasteiger charge is -2.10. The number of nitrogens with one attached hydrogen (secondary N) is 2. The smallest absolute Gasteiger partial charge is 0.251 e. The minimum absolute atomic E-state index is 0.0556. The SMILES string of the molecule is Cc1cc(C(=O)NCCC2CCCC2)cc(NN)n1. The number of anilines is 1. The topological polar surface area (TPSA) is 80.0 Å². The fraction of sp³-hybridized carbons (Fsp3) is 0.571. The van der Waals surface area contributed by atoms with Gasteiger partial charge in [0, 0.05) is 17.8 Å². The second kappa shape index (κ2) is 6.52. The molecule has 1 aliphatic rings. The molecule has 5 nitrogen and oxygen atoms in total. The Kier molecular flexibility index (Phi) is 4.74. The Balaban J connectivity index is 1.86. The maximum absolute atomic E-state index is 12.0. The van der Waals surface area contributed by atoms with E-state index < -0.39 is 0 Å². The Morgan fingerprint density at radius 3 is 2.84 bits per heavy atom. The van der Waals surface area contributed by atoms with Gasteiger partial charge < -0.3 is 10.7 Å². The molecule has 2 rings (SSSR count). The third-order valence-electron chi connectivity index (χ3n) is 3.68. The van der Waals surface area contributed by atoms with Crippen molar-refractivity contribution in [2.45, 2.75) is 39.0 Å². The highest BCUT2D eigenvalue weighted by Crippen LogP contribution is 2.26. The van der Waals surface area contributed by atoms with Gasteiger partial charge in [0.15, 0.2) is 0 Å². The first-order chi connectivity index (χ1) is 9.19. The molecule has 4 N–H and O–H groups in total. The largest absolute Gasteiger partial charge is 0.352 e. The Hall–Kier alpha value is -1.62. The predicted molar refractivity (Wildman–Crippen MR) is 75.7 cm³/mol. The zero-order valence-electron chi connectivity index (χ0n) is 11.4. The van der Waals surface area contributed by atoms with Crippen molar-refractivity contribution in [3.63, 3.8) is 0 Å². The van der Waals surface area contributed by atoms with Crippen molar-refractivity contribution in [3.8, 4) is 0 Å². The number of hydrogen-bond donors (Lipinski definition) is 3. The number of nitrogens with zero attached hydrogens (tertiary/aromatic N) is 1. The van der Waals surface area contributed by atoms with Crippen LogP contribution < -0.4 is 16.6 Å². The maximum atomic E-state index is 12.0. The lowest BCUT2D eigenvalue weighted by Crippen LogP contribution is -2.26. The van der Waals surface area contributed by atoms with Gasteiger partial charge in [0.05, 0.1) is 0 Å². The summed E-state index contributed by atoms with van der Waals surface area (Å²) in [6.45, 7) is 2.59. The number of nitrogens with two attached hydrogens (primary N) is 1. The summed E-state index contributed by atoms with van der Waals surface area (Å²) in [5.74, 6) is 6.58. The van der Waals surface area contributed by atoms with Gasteiger partial charge in [-0.25, -0.2) is 10.8 Å². The number of hydrazine groups is 1. The van der Waals surface area contributed by atoms with Gasteiger partial charge in [0.25, 0.3) is 5.91 Å². The van der Waals surface area contributed by atoms with Crippen molar-refractivity contribution in [2.24, 2.45) is 11.8 Å². The summed E-state index contributed by atoms with van der Waals surface area (Å²) in [5, 5.41) is 2.97. The van der Waals surface area contributed by atoms with Crippen LogP contribution >= 0.6 is 0 Å². The molecule has 1 heterocycles. The van der Waals surface area contributed by atoms with Crippen molar-refractivity contribution in [1.29, 1.82) is 0 Å². The van der Waals surface area contributed by atoms with Crippen LogP contribution in [0.3, 0.4) is 0 Å². The van der Waals surface area contributed by atoms with Gasteiger partial charge in [-0.1, -0.05) is 25.7 Å². The average molecular weight is 262 g/mol. The molecular weight excluding hydrogens is 240 g/mol. The van der Waals surface area contributed by atoms with E-state index in [-0.39, 0.29) is 5.91 Å². The maximum Gasteiger partial charge on any atom is 0.251 e. The monoisotopic (exact) mass is 262 g/mol. The minimum Gasteiger partial charge on any atom is -0.352 e. The van der Waals surface area contributed by atoms with Gasteiger partial charge in [0.2, 0.25) is 0 Å². The van der Waals surface area contributed by atoms with Crippen LogP contribution in [0, 0.1) is 12.8 Å². The predicted octanol–water partition coefficient (Wildman–Crippen LogP) is 1.99. The van der Waals surface area contributed by atoms with Crippen LogP contribution in [0.25, 0.3) is 0 Å². The van der Waals surface area contributed by atoms with E-state index >= 15 is 0 Å². The molecule has 0 aliphatic heterocycles. The number of nitrogen functional groups attached to an aromatic ring is 1. The van der Waals surface area contributed by atoms with E-state index in [1.807, 2.05) is 6.92 Å². The van der Waals surface area contributed by atoms with Crippen LogP contribution in [0.15, 0.2) is 12.1 Å². The molecule has 0 radical (unpaired) electrons. The van der Waals surface area contributed by atoms with Gasteiger partial charge in [-0.15, -0.1) is 0 Å². The quantitative estimate of drug-likeness (QED) is 0.560. The number of hydrogen-bond acceptors (Lipinski definition) is 4. The van der Waals surface area contributed by atoms with Crippen LogP contribution in [-0.4, -0.2) is 17.4 Å². The third kappa shape index (κ3) is 3.92. The molecule has 1 aromatic heterocycles. The van der Waals surface area contributed by atoms with E-state index in [9.17, 15) is 4.79 Å². The van der Waals surface area contributed by atoms with Crippen LogP contribution in [0.4, 0.5) is 5.82 Å². The number of rotatable bonds is 5. The summed E-state index contributed by atoms with van der Waals surface area (Å²) < 4.78 is 0. The summed E-state index contributed by atoms with van der Waals surface area (Å²) in [6, 6.07) is 3.43. The summed E-state index contributed by atoms with van der Waals surface area (Å²) in [5.41, 5.74) is 3.85. The third-order valence-corrected chi connectivity index (χ3v) is 3.68. The Bertz CT molecular complexity index is 441. The molecule has 1 aliphatic carbocycles. The van der Waals surface area contributed by atoms with E-state index in [4.69, 9.17) is 5.84 Å². The molecule has 1 amide bonds. The standard InChI is InChI=1S/C14H22N4O/c1-10-8-12(9-13(17-10)18-15)14(19)16-7-6-11-4-2-3-5-11/h8-9,11H,2-7,15H2,1H3,(H,16,19)(H,17,18). The normalized spacial score (nSPS) is 15.5. The molecule has 1 saturated carbocycles. The Morgan fingerprint density at radius 2 is 2.16 bits per heavy atom. The summed E-state index contributed by atoms with van der Waals surface area (Å²) in [4.78, 5) is 16.2. The molecule has 1 fully saturated rings. The van der Waals surface area contributed by atoms with Crippen LogP contribution in [-0.2, 0) is 0 Å². The number of amides is 1.